The molecule has 1 fully saturated rings. The Morgan fingerprint density at radius 1 is 1.03 bits per heavy atom. The first-order chi connectivity index (χ1) is 18.9. The summed E-state index contributed by atoms with van der Waals surface area (Å²) in [5, 5.41) is 7.55. The number of aromatic amines is 2. The summed E-state index contributed by atoms with van der Waals surface area (Å²) in [6, 6.07) is 16.0. The van der Waals surface area contributed by atoms with Crippen LogP contribution in [-0.2, 0) is 6.54 Å². The molecule has 0 saturated carbocycles. The first-order valence-corrected chi connectivity index (χ1v) is 12.7. The predicted molar refractivity (Wildman–Crippen MR) is 145 cm³/mol. The second-order valence-electron chi connectivity index (χ2n) is 10.1. The minimum Gasteiger partial charge on any atom is -0.335 e. The molecule has 194 valence electrons. The van der Waals surface area contributed by atoms with Gasteiger partial charge in [0, 0.05) is 49.2 Å². The molecule has 2 N–H and O–H groups in total. The Balaban J connectivity index is 1.25. The molecule has 7 rings (SSSR count). The van der Waals surface area contributed by atoms with Gasteiger partial charge in [0.25, 0.3) is 5.92 Å². The molecule has 0 radical (unpaired) electrons. The summed E-state index contributed by atoms with van der Waals surface area (Å²) in [4.78, 5) is 23.6. The van der Waals surface area contributed by atoms with Crippen molar-refractivity contribution in [2.24, 2.45) is 0 Å². The number of aryl methyl sites for hydroxylation is 1. The van der Waals surface area contributed by atoms with E-state index in [0.717, 1.165) is 33.3 Å². The molecular formula is C29H24F2N8. The van der Waals surface area contributed by atoms with Crippen molar-refractivity contribution in [3.8, 4) is 33.9 Å². The zero-order chi connectivity index (χ0) is 26.6. The van der Waals surface area contributed by atoms with Crippen LogP contribution in [0, 0.1) is 6.92 Å². The Hall–Kier alpha value is -4.57. The maximum Gasteiger partial charge on any atom is 0.261 e. The number of rotatable bonds is 5. The van der Waals surface area contributed by atoms with Crippen LogP contribution in [0.2, 0.25) is 0 Å². The molecule has 6 aromatic rings. The van der Waals surface area contributed by atoms with E-state index in [1.54, 1.807) is 23.5 Å². The number of fused-ring (bicyclic) bond motifs is 2. The van der Waals surface area contributed by atoms with E-state index in [9.17, 15) is 8.78 Å². The van der Waals surface area contributed by atoms with Gasteiger partial charge < -0.3 is 4.98 Å². The van der Waals surface area contributed by atoms with Gasteiger partial charge in [-0.3, -0.25) is 15.0 Å². The fourth-order valence-corrected chi connectivity index (χ4v) is 5.22. The van der Waals surface area contributed by atoms with Gasteiger partial charge in [0.1, 0.15) is 5.52 Å². The van der Waals surface area contributed by atoms with E-state index in [0.29, 0.717) is 41.5 Å². The highest BCUT2D eigenvalue weighted by atomic mass is 19.3. The Bertz CT molecular complexity index is 1840. The molecule has 1 aromatic carbocycles. The highest BCUT2D eigenvalue weighted by molar-refractivity contribution is 5.95. The van der Waals surface area contributed by atoms with Gasteiger partial charge in [-0.25, -0.2) is 23.7 Å². The number of imidazole rings is 1. The summed E-state index contributed by atoms with van der Waals surface area (Å²) in [5.74, 6) is -2.06. The largest absolute Gasteiger partial charge is 0.335 e. The third kappa shape index (κ3) is 4.42. The number of nitrogens with zero attached hydrogens (tertiary/aromatic N) is 6. The number of hydrogen-bond donors (Lipinski definition) is 2. The molecule has 8 nitrogen and oxygen atoms in total. The lowest BCUT2D eigenvalue weighted by atomic mass is 10.0. The van der Waals surface area contributed by atoms with E-state index in [1.165, 1.54) is 5.56 Å². The minimum absolute atomic E-state index is 0.106. The van der Waals surface area contributed by atoms with Crippen molar-refractivity contribution >= 4 is 22.2 Å². The van der Waals surface area contributed by atoms with E-state index in [4.69, 9.17) is 9.97 Å². The van der Waals surface area contributed by atoms with Crippen LogP contribution < -0.4 is 0 Å². The molecule has 0 bridgehead atoms. The van der Waals surface area contributed by atoms with Gasteiger partial charge in [0.05, 0.1) is 23.3 Å². The molecule has 0 atom stereocenters. The number of nitrogens with one attached hydrogen (secondary N) is 2. The lowest BCUT2D eigenvalue weighted by molar-refractivity contribution is 0.0115. The van der Waals surface area contributed by atoms with E-state index < -0.39 is 5.92 Å². The van der Waals surface area contributed by atoms with Gasteiger partial charge in [-0.15, -0.1) is 0 Å². The third-order valence-electron chi connectivity index (χ3n) is 7.10. The fourth-order valence-electron chi connectivity index (χ4n) is 5.22. The molecule has 0 aliphatic carbocycles. The number of benzene rings is 1. The lowest BCUT2D eigenvalue weighted by Gasteiger charge is -2.15. The number of aromatic nitrogens is 7. The Morgan fingerprint density at radius 3 is 2.79 bits per heavy atom. The zero-order valence-electron chi connectivity index (χ0n) is 21.1. The van der Waals surface area contributed by atoms with Crippen molar-refractivity contribution < 1.29 is 8.78 Å². The molecule has 1 aliphatic heterocycles. The number of H-pyrrole nitrogens is 2. The topological polar surface area (TPSA) is 99.3 Å². The summed E-state index contributed by atoms with van der Waals surface area (Å²) >= 11 is 0. The van der Waals surface area contributed by atoms with E-state index in [2.05, 4.69) is 50.3 Å². The highest BCUT2D eigenvalue weighted by Crippen LogP contribution is 2.32. The number of halogens is 2. The van der Waals surface area contributed by atoms with Crippen molar-refractivity contribution in [1.82, 2.24) is 40.0 Å². The van der Waals surface area contributed by atoms with Crippen LogP contribution in [0.3, 0.4) is 0 Å². The van der Waals surface area contributed by atoms with Crippen LogP contribution in [0.25, 0.3) is 56.1 Å². The van der Waals surface area contributed by atoms with Gasteiger partial charge in [0.15, 0.2) is 17.2 Å². The van der Waals surface area contributed by atoms with Gasteiger partial charge >= 0.3 is 0 Å². The summed E-state index contributed by atoms with van der Waals surface area (Å²) < 4.78 is 27.3. The van der Waals surface area contributed by atoms with Crippen LogP contribution in [0.5, 0.6) is 0 Å². The monoisotopic (exact) mass is 522 g/mol. The average Bonchev–Trinajstić information content (AvgIpc) is 3.64. The zero-order valence-corrected chi connectivity index (χ0v) is 21.1. The number of likely N-dealkylation sites (tertiary alicyclic amines) is 1. The first kappa shape index (κ1) is 23.5. The normalized spacial score (nSPS) is 15.5. The van der Waals surface area contributed by atoms with Crippen LogP contribution in [0.15, 0.2) is 67.1 Å². The molecule has 0 spiro atoms. The quantitative estimate of drug-likeness (QED) is 0.298. The van der Waals surface area contributed by atoms with E-state index in [1.807, 2.05) is 30.3 Å². The predicted octanol–water partition coefficient (Wildman–Crippen LogP) is 5.77. The highest BCUT2D eigenvalue weighted by Gasteiger charge is 2.37. The van der Waals surface area contributed by atoms with Crippen LogP contribution >= 0.6 is 0 Å². The minimum atomic E-state index is -2.62. The molecule has 6 heterocycles. The smallest absolute Gasteiger partial charge is 0.261 e. The molecule has 1 aliphatic rings. The third-order valence-corrected chi connectivity index (χ3v) is 7.10. The molecule has 5 aromatic heterocycles. The van der Waals surface area contributed by atoms with Crippen molar-refractivity contribution in [2.45, 2.75) is 25.8 Å². The number of alkyl halides is 2. The second kappa shape index (κ2) is 9.02. The number of pyridine rings is 3. The molecule has 10 heteroatoms. The Labute approximate surface area is 222 Å². The van der Waals surface area contributed by atoms with Gasteiger partial charge in [-0.05, 0) is 42.3 Å². The standard InChI is InChI=1S/C29H24F2N8/c1-17-3-2-4-19(11-17)21-7-9-33-27-24(21)35-28(36-27)26-25-23(37-38-26)6-5-22(34-25)20-12-18(13-32-14-20)15-39-10-8-29(30,31)16-39/h2-7,9,11-14H,8,10,15-16H2,1H3,(H,37,38)(H,33,35,36). The van der Waals surface area contributed by atoms with Crippen molar-refractivity contribution in [3.63, 3.8) is 0 Å². The van der Waals surface area contributed by atoms with Crippen molar-refractivity contribution in [1.29, 1.82) is 0 Å². The number of hydrogen-bond acceptors (Lipinski definition) is 6. The molecular weight excluding hydrogens is 498 g/mol. The second-order valence-corrected chi connectivity index (χ2v) is 10.1. The van der Waals surface area contributed by atoms with Crippen molar-refractivity contribution in [2.75, 3.05) is 13.1 Å². The van der Waals surface area contributed by atoms with Gasteiger partial charge in [-0.1, -0.05) is 29.8 Å². The summed E-state index contributed by atoms with van der Waals surface area (Å²) in [6.45, 7) is 2.63. The van der Waals surface area contributed by atoms with Gasteiger partial charge in [-0.2, -0.15) is 5.10 Å². The van der Waals surface area contributed by atoms with Crippen molar-refractivity contribution in [3.05, 3.63) is 78.2 Å². The summed E-state index contributed by atoms with van der Waals surface area (Å²) in [6.07, 6.45) is 5.10. The SMILES string of the molecule is Cc1cccc(-c2ccnc3nc(-c4n[nH]c5ccc(-c6cncc(CN7CCC(F)(F)C7)c6)nc45)[nH]c23)c1. The molecule has 39 heavy (non-hydrogen) atoms. The fraction of sp³-hybridized carbons (Fsp3) is 0.207. The molecule has 0 amide bonds. The summed E-state index contributed by atoms with van der Waals surface area (Å²) in [7, 11) is 0. The maximum absolute atomic E-state index is 13.6. The van der Waals surface area contributed by atoms with Crippen LogP contribution in [0.1, 0.15) is 17.5 Å². The van der Waals surface area contributed by atoms with E-state index in [-0.39, 0.29) is 13.0 Å². The summed E-state index contributed by atoms with van der Waals surface area (Å²) in [5.41, 5.74) is 9.08. The Morgan fingerprint density at radius 2 is 1.95 bits per heavy atom. The molecule has 0 unspecified atom stereocenters. The maximum atomic E-state index is 13.6. The van der Waals surface area contributed by atoms with Crippen LogP contribution in [0.4, 0.5) is 8.78 Å². The van der Waals surface area contributed by atoms with Gasteiger partial charge in [0.2, 0.25) is 0 Å². The Kier molecular flexibility index (Phi) is 5.44. The average molecular weight is 523 g/mol. The lowest BCUT2D eigenvalue weighted by Crippen LogP contribution is -2.24. The molecule has 1 saturated heterocycles. The van der Waals surface area contributed by atoms with E-state index >= 15 is 0 Å². The first-order valence-electron chi connectivity index (χ1n) is 12.7. The van der Waals surface area contributed by atoms with Crippen LogP contribution in [-0.4, -0.2) is 59.0 Å².